The first-order chi connectivity index (χ1) is 11.3. The molecule has 5 nitrogen and oxygen atoms in total. The van der Waals surface area contributed by atoms with E-state index in [1.165, 1.54) is 11.8 Å². The molecular weight excluding hydrogens is 343 g/mol. The number of nitrogens with one attached hydrogen (secondary N) is 1. The molecule has 0 aliphatic heterocycles. The van der Waals surface area contributed by atoms with Gasteiger partial charge in [0.2, 0.25) is 5.91 Å². The maximum Gasteiger partial charge on any atom is 0.471 e. The molecule has 1 aromatic heterocycles. The summed E-state index contributed by atoms with van der Waals surface area (Å²) in [5, 5.41) is 5.56. The molecule has 1 amide bonds. The Kier molecular flexibility index (Phi) is 5.87. The van der Waals surface area contributed by atoms with Crippen molar-refractivity contribution in [2.24, 2.45) is 0 Å². The van der Waals surface area contributed by atoms with Gasteiger partial charge in [0, 0.05) is 17.9 Å². The van der Waals surface area contributed by atoms with Crippen LogP contribution in [0.4, 0.5) is 13.2 Å². The molecule has 2 rings (SSSR count). The summed E-state index contributed by atoms with van der Waals surface area (Å²) < 4.78 is 41.1. The number of rotatable bonds is 6. The Hall–Kier alpha value is -2.03. The van der Waals surface area contributed by atoms with E-state index >= 15 is 0 Å². The van der Waals surface area contributed by atoms with Crippen molar-refractivity contribution in [2.45, 2.75) is 36.6 Å². The minimum Gasteiger partial charge on any atom is -0.355 e. The van der Waals surface area contributed by atoms with Crippen molar-refractivity contribution in [3.63, 3.8) is 0 Å². The van der Waals surface area contributed by atoms with Crippen LogP contribution < -0.4 is 5.32 Å². The van der Waals surface area contributed by atoms with Gasteiger partial charge < -0.3 is 9.84 Å². The van der Waals surface area contributed by atoms with Gasteiger partial charge in [-0.2, -0.15) is 18.2 Å². The number of hydrogen-bond donors (Lipinski definition) is 1. The molecule has 1 heterocycles. The lowest BCUT2D eigenvalue weighted by Gasteiger charge is -2.11. The first-order valence-corrected chi connectivity index (χ1v) is 8.04. The van der Waals surface area contributed by atoms with Crippen molar-refractivity contribution < 1.29 is 22.5 Å². The van der Waals surface area contributed by atoms with Crippen LogP contribution in [0.2, 0.25) is 0 Å². The highest BCUT2D eigenvalue weighted by atomic mass is 32.2. The lowest BCUT2D eigenvalue weighted by atomic mass is 10.2. The number of aromatic nitrogens is 2. The summed E-state index contributed by atoms with van der Waals surface area (Å²) in [6.07, 6.45) is -4.60. The fourth-order valence-corrected chi connectivity index (χ4v) is 2.68. The Balaban J connectivity index is 1.78. The predicted octanol–water partition coefficient (Wildman–Crippen LogP) is 3.24. The van der Waals surface area contributed by atoms with Crippen LogP contribution in [0.3, 0.4) is 0 Å². The minimum absolute atomic E-state index is 0.0627. The van der Waals surface area contributed by atoms with Crippen LogP contribution in [-0.4, -0.2) is 27.8 Å². The van der Waals surface area contributed by atoms with E-state index in [-0.39, 0.29) is 29.9 Å². The van der Waals surface area contributed by atoms with Crippen LogP contribution in [0.15, 0.2) is 33.7 Å². The molecule has 130 valence electrons. The second kappa shape index (κ2) is 7.69. The number of carbonyl (C=O) groups is 1. The smallest absolute Gasteiger partial charge is 0.355 e. The van der Waals surface area contributed by atoms with Crippen molar-refractivity contribution >= 4 is 17.7 Å². The molecule has 0 fully saturated rings. The zero-order chi connectivity index (χ0) is 17.7. The highest BCUT2D eigenvalue weighted by Gasteiger charge is 2.38. The van der Waals surface area contributed by atoms with E-state index in [1.54, 1.807) is 6.92 Å². The molecule has 1 N–H and O–H groups in total. The molecule has 1 atom stereocenters. The lowest BCUT2D eigenvalue weighted by molar-refractivity contribution is -0.159. The van der Waals surface area contributed by atoms with Crippen LogP contribution in [0, 0.1) is 6.92 Å². The molecule has 0 saturated heterocycles. The summed E-state index contributed by atoms with van der Waals surface area (Å²) in [7, 11) is 0. The van der Waals surface area contributed by atoms with E-state index in [1.807, 2.05) is 31.2 Å². The van der Waals surface area contributed by atoms with E-state index in [2.05, 4.69) is 20.0 Å². The molecule has 0 aliphatic rings. The highest BCUT2D eigenvalue weighted by molar-refractivity contribution is 8.00. The van der Waals surface area contributed by atoms with Gasteiger partial charge in [-0.1, -0.05) is 22.9 Å². The van der Waals surface area contributed by atoms with Gasteiger partial charge in [0.15, 0.2) is 5.82 Å². The molecular formula is C15H16F3N3O2S. The molecule has 0 aliphatic carbocycles. The molecule has 24 heavy (non-hydrogen) atoms. The second-order valence-corrected chi connectivity index (χ2v) is 6.54. The van der Waals surface area contributed by atoms with Crippen molar-refractivity contribution in [1.29, 1.82) is 0 Å². The number of nitrogens with zero attached hydrogens (tertiary/aromatic N) is 2. The van der Waals surface area contributed by atoms with E-state index in [0.29, 0.717) is 0 Å². The van der Waals surface area contributed by atoms with E-state index in [0.717, 1.165) is 10.5 Å². The van der Waals surface area contributed by atoms with Gasteiger partial charge in [-0.15, -0.1) is 11.8 Å². The Labute approximate surface area is 141 Å². The molecule has 0 unspecified atom stereocenters. The molecule has 0 saturated carbocycles. The molecule has 1 aromatic carbocycles. The van der Waals surface area contributed by atoms with Gasteiger partial charge in [0.1, 0.15) is 0 Å². The van der Waals surface area contributed by atoms with Crippen LogP contribution >= 0.6 is 11.8 Å². The van der Waals surface area contributed by atoms with Crippen LogP contribution in [0.25, 0.3) is 0 Å². The topological polar surface area (TPSA) is 68.0 Å². The summed E-state index contributed by atoms with van der Waals surface area (Å²) in [6.45, 7) is 3.87. The summed E-state index contributed by atoms with van der Waals surface area (Å²) >= 11 is 1.40. The van der Waals surface area contributed by atoms with Crippen molar-refractivity contribution in [1.82, 2.24) is 15.5 Å². The quantitative estimate of drug-likeness (QED) is 0.802. The average molecular weight is 359 g/mol. The van der Waals surface area contributed by atoms with Gasteiger partial charge >= 0.3 is 12.1 Å². The summed E-state index contributed by atoms with van der Waals surface area (Å²) in [6, 6.07) is 7.78. The number of thioether (sulfide) groups is 1. The number of benzene rings is 1. The molecule has 0 bridgehead atoms. The largest absolute Gasteiger partial charge is 0.471 e. The zero-order valence-corrected chi connectivity index (χ0v) is 13.9. The lowest BCUT2D eigenvalue weighted by Crippen LogP contribution is -2.32. The van der Waals surface area contributed by atoms with Gasteiger partial charge in [-0.05, 0) is 26.0 Å². The van der Waals surface area contributed by atoms with Crippen molar-refractivity contribution in [2.75, 3.05) is 6.54 Å². The Morgan fingerprint density at radius 2 is 2.00 bits per heavy atom. The normalized spacial score (nSPS) is 12.9. The average Bonchev–Trinajstić information content (AvgIpc) is 2.98. The first-order valence-electron chi connectivity index (χ1n) is 7.16. The number of hydrogen-bond acceptors (Lipinski definition) is 5. The molecule has 0 radical (unpaired) electrons. The highest BCUT2D eigenvalue weighted by Crippen LogP contribution is 2.27. The number of carbonyl (C=O) groups excluding carboxylic acids is 1. The van der Waals surface area contributed by atoms with Crippen molar-refractivity contribution in [3.05, 3.63) is 41.5 Å². The number of alkyl halides is 3. The van der Waals surface area contributed by atoms with Crippen LogP contribution in [0.1, 0.15) is 24.2 Å². The molecule has 2 aromatic rings. The maximum absolute atomic E-state index is 12.3. The standard InChI is InChI=1S/C15H16F3N3O2S/c1-9-3-5-11(6-4-9)24-10(2)13(22)19-8-7-12-20-14(23-21-12)15(16,17)18/h3-6,10H,7-8H2,1-2H3,(H,19,22)/t10-/m1/s1. The van der Waals surface area contributed by atoms with Gasteiger partial charge in [0.25, 0.3) is 0 Å². The van der Waals surface area contributed by atoms with E-state index < -0.39 is 12.1 Å². The van der Waals surface area contributed by atoms with E-state index in [9.17, 15) is 18.0 Å². The predicted molar refractivity (Wildman–Crippen MR) is 82.5 cm³/mol. The van der Waals surface area contributed by atoms with E-state index in [4.69, 9.17) is 0 Å². The fraction of sp³-hybridized carbons (Fsp3) is 0.400. The van der Waals surface area contributed by atoms with Crippen LogP contribution in [-0.2, 0) is 17.4 Å². The van der Waals surface area contributed by atoms with Gasteiger partial charge in [-0.25, -0.2) is 0 Å². The zero-order valence-electron chi connectivity index (χ0n) is 13.1. The summed E-state index contributed by atoms with van der Waals surface area (Å²) in [5.74, 6) is -1.69. The van der Waals surface area contributed by atoms with Crippen molar-refractivity contribution in [3.8, 4) is 0 Å². The Morgan fingerprint density at radius 1 is 1.33 bits per heavy atom. The monoisotopic (exact) mass is 359 g/mol. The third kappa shape index (κ3) is 5.26. The first kappa shape index (κ1) is 18.3. The Bertz CT molecular complexity index is 686. The maximum atomic E-state index is 12.3. The number of aryl methyl sites for hydroxylation is 1. The number of amides is 1. The minimum atomic E-state index is -4.66. The Morgan fingerprint density at radius 3 is 2.58 bits per heavy atom. The SMILES string of the molecule is Cc1ccc(S[C@H](C)C(=O)NCCc2noc(C(F)(F)F)n2)cc1. The fourth-order valence-electron chi connectivity index (χ4n) is 1.79. The summed E-state index contributed by atoms with van der Waals surface area (Å²) in [4.78, 5) is 16.2. The summed E-state index contributed by atoms with van der Waals surface area (Å²) in [5.41, 5.74) is 1.13. The molecule has 9 heteroatoms. The number of halogens is 3. The third-order valence-electron chi connectivity index (χ3n) is 3.06. The van der Waals surface area contributed by atoms with Gasteiger partial charge in [-0.3, -0.25) is 4.79 Å². The van der Waals surface area contributed by atoms with Crippen LogP contribution in [0.5, 0.6) is 0 Å². The molecule has 0 spiro atoms. The third-order valence-corrected chi connectivity index (χ3v) is 4.17. The second-order valence-electron chi connectivity index (χ2n) is 5.13. The van der Waals surface area contributed by atoms with Gasteiger partial charge in [0.05, 0.1) is 5.25 Å².